The zero-order valence-electron chi connectivity index (χ0n) is 8.06. The maximum absolute atomic E-state index is 9.58. The highest BCUT2D eigenvalue weighted by Crippen LogP contribution is 2.09. The molecule has 1 rings (SSSR count). The summed E-state index contributed by atoms with van der Waals surface area (Å²) in [6.45, 7) is 1.94. The molecule has 0 radical (unpaired) electrons. The van der Waals surface area contributed by atoms with Crippen molar-refractivity contribution in [3.05, 3.63) is 24.2 Å². The fraction of sp³-hybridized carbons (Fsp3) is 0.600. The van der Waals surface area contributed by atoms with Crippen LogP contribution in [0.25, 0.3) is 0 Å². The van der Waals surface area contributed by atoms with Crippen LogP contribution in [0.2, 0.25) is 0 Å². The van der Waals surface area contributed by atoms with E-state index in [2.05, 4.69) is 0 Å². The van der Waals surface area contributed by atoms with Gasteiger partial charge in [-0.25, -0.2) is 0 Å². The highest BCUT2D eigenvalue weighted by Gasteiger charge is 2.11. The minimum atomic E-state index is -0.388. The first-order valence-electron chi connectivity index (χ1n) is 4.45. The van der Waals surface area contributed by atoms with Crippen molar-refractivity contribution >= 4 is 0 Å². The van der Waals surface area contributed by atoms with Gasteiger partial charge in [-0.05, 0) is 25.5 Å². The summed E-state index contributed by atoms with van der Waals surface area (Å²) in [6.07, 6.45) is 2.51. The molecule has 0 amide bonds. The molecule has 2 atom stereocenters. The Morgan fingerprint density at radius 2 is 2.38 bits per heavy atom. The Bertz CT molecular complexity index is 218. The third-order valence-corrected chi connectivity index (χ3v) is 2.02. The summed E-state index contributed by atoms with van der Waals surface area (Å²) in [5.41, 5.74) is 0. The second-order valence-corrected chi connectivity index (χ2v) is 3.22. The van der Waals surface area contributed by atoms with Crippen molar-refractivity contribution in [1.82, 2.24) is 0 Å². The van der Waals surface area contributed by atoms with Crippen LogP contribution in [0.15, 0.2) is 22.8 Å². The summed E-state index contributed by atoms with van der Waals surface area (Å²) in [7, 11) is 1.64. The van der Waals surface area contributed by atoms with E-state index in [1.54, 1.807) is 13.4 Å². The molecule has 0 aliphatic rings. The number of hydrogen-bond donors (Lipinski definition) is 1. The molecular formula is C10H16O3. The van der Waals surface area contributed by atoms with Crippen LogP contribution < -0.4 is 0 Å². The van der Waals surface area contributed by atoms with Crippen molar-refractivity contribution in [2.75, 3.05) is 7.11 Å². The Morgan fingerprint density at radius 3 is 2.92 bits per heavy atom. The van der Waals surface area contributed by atoms with E-state index in [4.69, 9.17) is 9.15 Å². The predicted octanol–water partition coefficient (Wildman–Crippen LogP) is 1.61. The topological polar surface area (TPSA) is 42.6 Å². The predicted molar refractivity (Wildman–Crippen MR) is 49.5 cm³/mol. The molecule has 0 aliphatic carbocycles. The normalized spacial score (nSPS) is 15.6. The van der Waals surface area contributed by atoms with E-state index in [1.165, 1.54) is 0 Å². The van der Waals surface area contributed by atoms with Crippen molar-refractivity contribution in [2.45, 2.75) is 32.0 Å². The fourth-order valence-electron chi connectivity index (χ4n) is 1.22. The molecule has 1 heterocycles. The number of aliphatic hydroxyl groups excluding tert-OH is 1. The highest BCUT2D eigenvalue weighted by molar-refractivity contribution is 4.99. The van der Waals surface area contributed by atoms with Crippen molar-refractivity contribution < 1.29 is 14.3 Å². The first-order valence-corrected chi connectivity index (χ1v) is 4.45. The molecule has 0 bridgehead atoms. The van der Waals surface area contributed by atoms with E-state index in [1.807, 2.05) is 19.1 Å². The quantitative estimate of drug-likeness (QED) is 0.756. The van der Waals surface area contributed by atoms with Gasteiger partial charge in [0.25, 0.3) is 0 Å². The fourth-order valence-corrected chi connectivity index (χ4v) is 1.22. The van der Waals surface area contributed by atoms with Gasteiger partial charge < -0.3 is 14.3 Å². The van der Waals surface area contributed by atoms with Crippen LogP contribution in [0.1, 0.15) is 19.1 Å². The third kappa shape index (κ3) is 3.61. The molecule has 74 valence electrons. The van der Waals surface area contributed by atoms with E-state index < -0.39 is 0 Å². The van der Waals surface area contributed by atoms with E-state index in [0.717, 1.165) is 5.76 Å². The zero-order valence-corrected chi connectivity index (χ0v) is 8.06. The van der Waals surface area contributed by atoms with Gasteiger partial charge >= 0.3 is 0 Å². The number of hydrogen-bond acceptors (Lipinski definition) is 3. The molecule has 1 aromatic rings. The summed E-state index contributed by atoms with van der Waals surface area (Å²) in [6, 6.07) is 3.68. The molecule has 2 unspecified atom stereocenters. The van der Waals surface area contributed by atoms with Gasteiger partial charge in [0.1, 0.15) is 5.76 Å². The first kappa shape index (κ1) is 10.3. The van der Waals surface area contributed by atoms with Gasteiger partial charge in [0.15, 0.2) is 0 Å². The molecule has 13 heavy (non-hydrogen) atoms. The smallest absolute Gasteiger partial charge is 0.106 e. The van der Waals surface area contributed by atoms with E-state index >= 15 is 0 Å². The lowest BCUT2D eigenvalue weighted by molar-refractivity contribution is 0.0546. The Morgan fingerprint density at radius 1 is 1.62 bits per heavy atom. The molecular weight excluding hydrogens is 168 g/mol. The lowest BCUT2D eigenvalue weighted by Gasteiger charge is -2.13. The summed E-state index contributed by atoms with van der Waals surface area (Å²) >= 11 is 0. The SMILES string of the molecule is COC(C)CC(O)Cc1ccco1. The van der Waals surface area contributed by atoms with E-state index in [-0.39, 0.29) is 12.2 Å². The largest absolute Gasteiger partial charge is 0.469 e. The Balaban J connectivity index is 2.29. The van der Waals surface area contributed by atoms with Crippen LogP contribution in [0.5, 0.6) is 0 Å². The number of furan rings is 1. The number of methoxy groups -OCH3 is 1. The van der Waals surface area contributed by atoms with Crippen LogP contribution in [-0.4, -0.2) is 24.4 Å². The van der Waals surface area contributed by atoms with Gasteiger partial charge in [0, 0.05) is 13.5 Å². The maximum Gasteiger partial charge on any atom is 0.106 e. The van der Waals surface area contributed by atoms with Gasteiger partial charge in [0.05, 0.1) is 18.5 Å². The number of ether oxygens (including phenoxy) is 1. The van der Waals surface area contributed by atoms with Crippen molar-refractivity contribution in [1.29, 1.82) is 0 Å². The minimum Gasteiger partial charge on any atom is -0.469 e. The monoisotopic (exact) mass is 184 g/mol. The molecule has 0 saturated heterocycles. The van der Waals surface area contributed by atoms with Gasteiger partial charge in [-0.3, -0.25) is 0 Å². The Kier molecular flexibility index (Phi) is 3.99. The van der Waals surface area contributed by atoms with Crippen molar-refractivity contribution in [2.24, 2.45) is 0 Å². The van der Waals surface area contributed by atoms with Crippen LogP contribution in [0.4, 0.5) is 0 Å². The standard InChI is InChI=1S/C10H16O3/c1-8(12-2)6-9(11)7-10-4-3-5-13-10/h3-5,8-9,11H,6-7H2,1-2H3. The zero-order chi connectivity index (χ0) is 9.68. The molecule has 1 N–H and O–H groups in total. The molecule has 3 nitrogen and oxygen atoms in total. The summed E-state index contributed by atoms with van der Waals surface area (Å²) in [5, 5.41) is 9.58. The van der Waals surface area contributed by atoms with Crippen molar-refractivity contribution in [3.8, 4) is 0 Å². The second-order valence-electron chi connectivity index (χ2n) is 3.22. The molecule has 1 aromatic heterocycles. The summed E-state index contributed by atoms with van der Waals surface area (Å²) < 4.78 is 10.2. The lowest BCUT2D eigenvalue weighted by atomic mass is 10.1. The van der Waals surface area contributed by atoms with Gasteiger partial charge in [-0.2, -0.15) is 0 Å². The second kappa shape index (κ2) is 5.04. The highest BCUT2D eigenvalue weighted by atomic mass is 16.5. The Hall–Kier alpha value is -0.800. The summed E-state index contributed by atoms with van der Waals surface area (Å²) in [5.74, 6) is 0.816. The third-order valence-electron chi connectivity index (χ3n) is 2.02. The van der Waals surface area contributed by atoms with E-state index in [0.29, 0.717) is 12.8 Å². The average molecular weight is 184 g/mol. The molecule has 0 saturated carbocycles. The minimum absolute atomic E-state index is 0.0879. The molecule has 0 aliphatic heterocycles. The Labute approximate surface area is 78.3 Å². The molecule has 0 spiro atoms. The number of rotatable bonds is 5. The van der Waals surface area contributed by atoms with Crippen LogP contribution in [-0.2, 0) is 11.2 Å². The average Bonchev–Trinajstić information content (AvgIpc) is 2.56. The molecule has 0 fully saturated rings. The van der Waals surface area contributed by atoms with Crippen LogP contribution in [0, 0.1) is 0 Å². The maximum atomic E-state index is 9.58. The van der Waals surface area contributed by atoms with Crippen LogP contribution in [0.3, 0.4) is 0 Å². The lowest BCUT2D eigenvalue weighted by Crippen LogP contribution is -2.18. The van der Waals surface area contributed by atoms with Gasteiger partial charge in [-0.15, -0.1) is 0 Å². The summed E-state index contributed by atoms with van der Waals surface area (Å²) in [4.78, 5) is 0. The molecule has 0 aromatic carbocycles. The van der Waals surface area contributed by atoms with Crippen molar-refractivity contribution in [3.63, 3.8) is 0 Å². The van der Waals surface area contributed by atoms with Crippen LogP contribution >= 0.6 is 0 Å². The van der Waals surface area contributed by atoms with E-state index in [9.17, 15) is 5.11 Å². The first-order chi connectivity index (χ1) is 6.22. The molecule has 3 heteroatoms. The number of aliphatic hydroxyl groups is 1. The van der Waals surface area contributed by atoms with Gasteiger partial charge in [-0.1, -0.05) is 0 Å². The van der Waals surface area contributed by atoms with Gasteiger partial charge in [0.2, 0.25) is 0 Å².